The van der Waals surface area contributed by atoms with Crippen LogP contribution >= 0.6 is 11.6 Å². The van der Waals surface area contributed by atoms with Crippen LogP contribution < -0.4 is 9.47 Å². The molecule has 1 aliphatic carbocycles. The van der Waals surface area contributed by atoms with Gasteiger partial charge in [-0.2, -0.15) is 0 Å². The average molecular weight is 442 g/mol. The fourth-order valence-corrected chi connectivity index (χ4v) is 3.87. The lowest BCUT2D eigenvalue weighted by atomic mass is 9.86. The van der Waals surface area contributed by atoms with E-state index in [0.717, 1.165) is 37.2 Å². The highest BCUT2D eigenvalue weighted by molar-refractivity contribution is 6.30. The Balaban J connectivity index is 1.54. The largest absolute Gasteiger partial charge is 0.474 e. The Bertz CT molecular complexity index is 969. The lowest BCUT2D eigenvalue weighted by molar-refractivity contribution is 0.0696. The molecule has 1 unspecified atom stereocenters. The third-order valence-corrected chi connectivity index (χ3v) is 5.96. The van der Waals surface area contributed by atoms with Crippen LogP contribution in [0.25, 0.3) is 5.69 Å². The third kappa shape index (κ3) is 5.17. The summed E-state index contributed by atoms with van der Waals surface area (Å²) in [6, 6.07) is 13.9. The molecular formula is C23H28ClN5O2. The molecule has 1 atom stereocenters. The van der Waals surface area contributed by atoms with Crippen molar-refractivity contribution in [2.75, 3.05) is 14.1 Å². The van der Waals surface area contributed by atoms with Gasteiger partial charge in [-0.25, -0.2) is 9.55 Å². The van der Waals surface area contributed by atoms with Gasteiger partial charge in [0, 0.05) is 23.2 Å². The molecule has 0 saturated heterocycles. The number of hydrogen-bond donors (Lipinski definition) is 0. The summed E-state index contributed by atoms with van der Waals surface area (Å²) in [5.41, 5.74) is 0.942. The van der Waals surface area contributed by atoms with Crippen LogP contribution in [0.15, 0.2) is 48.7 Å². The molecule has 3 aromatic rings. The molecule has 1 aromatic carbocycles. The van der Waals surface area contributed by atoms with Crippen molar-refractivity contribution in [2.45, 2.75) is 50.9 Å². The topological polar surface area (TPSA) is 65.3 Å². The van der Waals surface area contributed by atoms with E-state index in [1.807, 2.05) is 73.0 Å². The zero-order valence-electron chi connectivity index (χ0n) is 18.1. The first-order chi connectivity index (χ1) is 15.0. The smallest absolute Gasteiger partial charge is 0.323 e. The summed E-state index contributed by atoms with van der Waals surface area (Å²) in [6.07, 6.45) is 5.61. The van der Waals surface area contributed by atoms with Crippen LogP contribution in [0.1, 0.15) is 44.3 Å². The third-order valence-electron chi connectivity index (χ3n) is 5.71. The first-order valence-electron chi connectivity index (χ1n) is 10.6. The Labute approximate surface area is 188 Å². The number of rotatable bonds is 7. The summed E-state index contributed by atoms with van der Waals surface area (Å²) in [5, 5.41) is 9.62. The first-order valence-corrected chi connectivity index (χ1v) is 11.0. The van der Waals surface area contributed by atoms with Crippen LogP contribution in [-0.2, 0) is 0 Å². The van der Waals surface area contributed by atoms with Crippen LogP contribution in [0, 0.1) is 0 Å². The molecule has 0 spiro atoms. The molecule has 4 rings (SSSR count). The molecule has 7 nitrogen and oxygen atoms in total. The van der Waals surface area contributed by atoms with Crippen LogP contribution in [0.5, 0.6) is 11.9 Å². The minimum absolute atomic E-state index is 0.134. The number of benzene rings is 1. The van der Waals surface area contributed by atoms with Crippen molar-refractivity contribution in [3.05, 3.63) is 59.5 Å². The Morgan fingerprint density at radius 3 is 2.42 bits per heavy atom. The van der Waals surface area contributed by atoms with E-state index >= 15 is 0 Å². The summed E-state index contributed by atoms with van der Waals surface area (Å²) in [5.74, 6) is 1.88. The molecule has 8 heteroatoms. The van der Waals surface area contributed by atoms with Gasteiger partial charge in [0.2, 0.25) is 5.88 Å². The van der Waals surface area contributed by atoms with Crippen molar-refractivity contribution >= 4 is 11.6 Å². The quantitative estimate of drug-likeness (QED) is 0.495. The molecule has 0 bridgehead atoms. The summed E-state index contributed by atoms with van der Waals surface area (Å²) in [4.78, 5) is 6.26. The van der Waals surface area contributed by atoms with Crippen LogP contribution in [0.3, 0.4) is 0 Å². The van der Waals surface area contributed by atoms with Crippen LogP contribution in [0.4, 0.5) is 0 Å². The maximum absolute atomic E-state index is 6.11. The Hall–Kier alpha value is -2.64. The van der Waals surface area contributed by atoms with Gasteiger partial charge in [0.05, 0.1) is 5.69 Å². The van der Waals surface area contributed by atoms with Gasteiger partial charge >= 0.3 is 6.01 Å². The van der Waals surface area contributed by atoms with E-state index in [0.29, 0.717) is 16.9 Å². The van der Waals surface area contributed by atoms with Gasteiger partial charge in [0.1, 0.15) is 11.9 Å². The number of hydrogen-bond acceptors (Lipinski definition) is 6. The fourth-order valence-electron chi connectivity index (χ4n) is 3.74. The molecule has 2 heterocycles. The van der Waals surface area contributed by atoms with Gasteiger partial charge in [0.25, 0.3) is 0 Å². The summed E-state index contributed by atoms with van der Waals surface area (Å²) in [6.45, 7) is 1.99. The minimum Gasteiger partial charge on any atom is -0.474 e. The average Bonchev–Trinajstić information content (AvgIpc) is 3.19. The molecule has 1 saturated carbocycles. The maximum atomic E-state index is 6.11. The number of aromatic nitrogens is 4. The van der Waals surface area contributed by atoms with Crippen LogP contribution in [-0.4, -0.2) is 51.1 Å². The Morgan fingerprint density at radius 1 is 1.03 bits per heavy atom. The predicted octanol–water partition coefficient (Wildman–Crippen LogP) is 4.71. The Kier molecular flexibility index (Phi) is 6.73. The van der Waals surface area contributed by atoms with E-state index in [1.165, 1.54) is 0 Å². The van der Waals surface area contributed by atoms with Gasteiger partial charge in [-0.3, -0.25) is 4.90 Å². The summed E-state index contributed by atoms with van der Waals surface area (Å²) >= 11 is 6.11. The van der Waals surface area contributed by atoms with E-state index in [9.17, 15) is 0 Å². The predicted molar refractivity (Wildman–Crippen MR) is 120 cm³/mol. The summed E-state index contributed by atoms with van der Waals surface area (Å²) < 4.78 is 14.2. The van der Waals surface area contributed by atoms with Gasteiger partial charge in [-0.05, 0) is 77.0 Å². The van der Waals surface area contributed by atoms with Crippen molar-refractivity contribution in [3.8, 4) is 17.6 Å². The highest BCUT2D eigenvalue weighted by Gasteiger charge is 2.30. The zero-order chi connectivity index (χ0) is 21.8. The van der Waals surface area contributed by atoms with Gasteiger partial charge < -0.3 is 9.47 Å². The first kappa shape index (κ1) is 21.6. The molecule has 164 valence electrons. The molecule has 1 fully saturated rings. The van der Waals surface area contributed by atoms with Crippen LogP contribution in [0.2, 0.25) is 5.02 Å². The fraction of sp³-hybridized carbons (Fsp3) is 0.435. The number of ether oxygens (including phenoxy) is 2. The molecular weight excluding hydrogens is 414 g/mol. The van der Waals surface area contributed by atoms with Crippen molar-refractivity contribution in [1.29, 1.82) is 0 Å². The molecule has 0 radical (unpaired) electrons. The second kappa shape index (κ2) is 9.66. The van der Waals surface area contributed by atoms with E-state index in [-0.39, 0.29) is 18.2 Å². The monoisotopic (exact) mass is 441 g/mol. The van der Waals surface area contributed by atoms with E-state index in [4.69, 9.17) is 21.1 Å². The zero-order valence-corrected chi connectivity index (χ0v) is 18.9. The second-order valence-electron chi connectivity index (χ2n) is 8.09. The highest BCUT2D eigenvalue weighted by atomic mass is 35.5. The lowest BCUT2D eigenvalue weighted by Gasteiger charge is -2.28. The Morgan fingerprint density at radius 2 is 1.77 bits per heavy atom. The molecule has 0 aliphatic heterocycles. The minimum atomic E-state index is -0.134. The normalized spacial score (nSPS) is 19.9. The van der Waals surface area contributed by atoms with Gasteiger partial charge in [-0.15, -0.1) is 5.10 Å². The SMILES string of the molecule is CC(Oc1nnc([C@H]2CC[C@H](Oc3ccccn3)CC2)n1-c1ccc(Cl)cc1)N(C)C. The number of halogens is 1. The molecule has 1 aliphatic rings. The molecule has 31 heavy (non-hydrogen) atoms. The van der Waals surface area contributed by atoms with Crippen molar-refractivity contribution in [3.63, 3.8) is 0 Å². The number of pyridine rings is 1. The van der Waals surface area contributed by atoms with E-state index in [2.05, 4.69) is 15.2 Å². The van der Waals surface area contributed by atoms with Crippen molar-refractivity contribution in [1.82, 2.24) is 24.6 Å². The van der Waals surface area contributed by atoms with Crippen molar-refractivity contribution < 1.29 is 9.47 Å². The lowest BCUT2D eigenvalue weighted by Crippen LogP contribution is -2.31. The standard InChI is InChI=1S/C23H28ClN5O2/c1-16(28(2)3)30-23-27-26-22(29(23)19-11-9-18(24)10-12-19)17-7-13-20(14-8-17)31-21-6-4-5-15-25-21/h4-6,9-12,15-17,20H,7-8,13-14H2,1-3H3/t16?,17-,20-. The van der Waals surface area contributed by atoms with Gasteiger partial charge in [-0.1, -0.05) is 22.8 Å². The van der Waals surface area contributed by atoms with Crippen molar-refractivity contribution in [2.24, 2.45) is 0 Å². The van der Waals surface area contributed by atoms with E-state index in [1.54, 1.807) is 6.20 Å². The second-order valence-corrected chi connectivity index (χ2v) is 8.53. The number of nitrogens with zero attached hydrogens (tertiary/aromatic N) is 5. The maximum Gasteiger partial charge on any atom is 0.323 e. The summed E-state index contributed by atoms with van der Waals surface area (Å²) in [7, 11) is 3.94. The molecule has 0 amide bonds. The molecule has 2 aromatic heterocycles. The highest BCUT2D eigenvalue weighted by Crippen LogP contribution is 2.36. The molecule has 0 N–H and O–H groups in total. The van der Waals surface area contributed by atoms with E-state index < -0.39 is 0 Å². The van der Waals surface area contributed by atoms with Gasteiger partial charge in [0.15, 0.2) is 6.23 Å².